The van der Waals surface area contributed by atoms with E-state index in [2.05, 4.69) is 0 Å². The minimum atomic E-state index is -3.89. The molecule has 3 aromatic carbocycles. The van der Waals surface area contributed by atoms with Crippen LogP contribution in [-0.4, -0.2) is 73.2 Å². The second-order valence-electron chi connectivity index (χ2n) is 10.0. The van der Waals surface area contributed by atoms with Crippen molar-refractivity contribution < 1.29 is 27.1 Å². The third kappa shape index (κ3) is 8.14. The van der Waals surface area contributed by atoms with E-state index in [9.17, 15) is 22.4 Å². The highest BCUT2D eigenvalue weighted by Gasteiger charge is 2.33. The Morgan fingerprint density at radius 3 is 2.24 bits per heavy atom. The largest absolute Gasteiger partial charge is 0.484 e. The Labute approximate surface area is 241 Å². The average Bonchev–Trinajstić information content (AvgIpc) is 2.99. The summed E-state index contributed by atoms with van der Waals surface area (Å²) in [5.41, 5.74) is 0.612. The van der Waals surface area contributed by atoms with Gasteiger partial charge in [-0.25, -0.2) is 12.8 Å². The van der Waals surface area contributed by atoms with Gasteiger partial charge in [-0.15, -0.1) is 0 Å². The molecule has 0 spiro atoms. The summed E-state index contributed by atoms with van der Waals surface area (Å²) in [6, 6.07) is 23.0. The first-order valence-corrected chi connectivity index (χ1v) is 15.3. The Morgan fingerprint density at radius 2 is 1.61 bits per heavy atom. The van der Waals surface area contributed by atoms with Crippen LogP contribution in [0.3, 0.4) is 0 Å². The second kappa shape index (κ2) is 14.2. The highest BCUT2D eigenvalue weighted by atomic mass is 32.2. The van der Waals surface area contributed by atoms with Crippen molar-refractivity contribution in [2.75, 3.05) is 32.8 Å². The van der Waals surface area contributed by atoms with Gasteiger partial charge < -0.3 is 14.5 Å². The Kier molecular flexibility index (Phi) is 10.5. The monoisotopic (exact) mass is 581 g/mol. The number of benzene rings is 3. The molecule has 1 heterocycles. The van der Waals surface area contributed by atoms with Gasteiger partial charge in [0, 0.05) is 32.2 Å². The number of halogens is 1. The molecule has 0 bridgehead atoms. The first-order chi connectivity index (χ1) is 19.8. The lowest BCUT2D eigenvalue weighted by atomic mass is 10.0. The van der Waals surface area contributed by atoms with Gasteiger partial charge in [-0.3, -0.25) is 9.59 Å². The van der Waals surface area contributed by atoms with Gasteiger partial charge >= 0.3 is 0 Å². The molecule has 0 atom stereocenters. The van der Waals surface area contributed by atoms with Gasteiger partial charge in [-0.1, -0.05) is 55.5 Å². The van der Waals surface area contributed by atoms with Crippen molar-refractivity contribution >= 4 is 21.8 Å². The fourth-order valence-corrected chi connectivity index (χ4v) is 6.45. The summed E-state index contributed by atoms with van der Waals surface area (Å²) in [4.78, 5) is 30.1. The molecule has 4 rings (SSSR count). The van der Waals surface area contributed by atoms with Crippen molar-refractivity contribution in [3.05, 3.63) is 96.3 Å². The average molecular weight is 582 g/mol. The van der Waals surface area contributed by atoms with Gasteiger partial charge in [0.05, 0.1) is 11.4 Å². The van der Waals surface area contributed by atoms with E-state index in [4.69, 9.17) is 4.74 Å². The van der Waals surface area contributed by atoms with E-state index in [0.717, 1.165) is 0 Å². The molecule has 10 heteroatoms. The molecule has 0 radical (unpaired) electrons. The number of nitrogens with zero attached hydrogens (tertiary/aromatic N) is 3. The van der Waals surface area contributed by atoms with Gasteiger partial charge in [0.1, 0.15) is 11.6 Å². The molecule has 1 aliphatic rings. The standard InChI is InChI=1S/C31H36FN3O5S/c1-2-18-34(41(38,39)29-14-7-4-8-15-29)23-30(36)35(22-25-10-9-11-26(32)21-25)27-16-19-33(20-17-27)31(37)24-40-28-12-5-3-6-13-28/h3-15,21,27H,2,16-20,22-24H2,1H3. The summed E-state index contributed by atoms with van der Waals surface area (Å²) < 4.78 is 47.6. The highest BCUT2D eigenvalue weighted by Crippen LogP contribution is 2.22. The van der Waals surface area contributed by atoms with E-state index in [1.165, 1.54) is 28.6 Å². The number of ether oxygens (including phenoxy) is 1. The molecule has 2 amide bonds. The molecule has 3 aromatic rings. The van der Waals surface area contributed by atoms with Crippen molar-refractivity contribution in [3.63, 3.8) is 0 Å². The summed E-state index contributed by atoms with van der Waals surface area (Å²) in [5.74, 6) is -0.296. The molecular formula is C31H36FN3O5S. The number of hydrogen-bond acceptors (Lipinski definition) is 5. The van der Waals surface area contributed by atoms with Crippen molar-refractivity contribution in [3.8, 4) is 5.75 Å². The summed E-state index contributed by atoms with van der Waals surface area (Å²) in [7, 11) is -3.89. The van der Waals surface area contributed by atoms with Crippen molar-refractivity contribution in [1.29, 1.82) is 0 Å². The molecule has 0 aliphatic carbocycles. The first-order valence-electron chi connectivity index (χ1n) is 13.8. The van der Waals surface area contributed by atoms with Gasteiger partial charge in [0.15, 0.2) is 6.61 Å². The van der Waals surface area contributed by atoms with Crippen molar-refractivity contribution in [2.24, 2.45) is 0 Å². The molecule has 0 unspecified atom stereocenters. The van der Waals surface area contributed by atoms with Crippen molar-refractivity contribution in [1.82, 2.24) is 14.1 Å². The van der Waals surface area contributed by atoms with Crippen LogP contribution in [0.4, 0.5) is 4.39 Å². The maximum absolute atomic E-state index is 14.0. The third-order valence-electron chi connectivity index (χ3n) is 7.09. The lowest BCUT2D eigenvalue weighted by molar-refractivity contribution is -0.138. The Bertz CT molecular complexity index is 1400. The van der Waals surface area contributed by atoms with Crippen LogP contribution >= 0.6 is 0 Å². The fraction of sp³-hybridized carbons (Fsp3) is 0.355. The molecule has 41 heavy (non-hydrogen) atoms. The zero-order valence-corrected chi connectivity index (χ0v) is 24.0. The Balaban J connectivity index is 1.47. The number of carbonyl (C=O) groups is 2. The maximum Gasteiger partial charge on any atom is 0.260 e. The SMILES string of the molecule is CCCN(CC(=O)N(Cc1cccc(F)c1)C1CCN(C(=O)COc2ccccc2)CC1)S(=O)(=O)c1ccccc1. The van der Waals surface area contributed by atoms with Crippen LogP contribution in [-0.2, 0) is 26.2 Å². The first kappa shape index (κ1) is 30.2. The van der Waals surface area contributed by atoms with E-state index in [0.29, 0.717) is 43.7 Å². The number of likely N-dealkylation sites (tertiary alicyclic amines) is 1. The molecular weight excluding hydrogens is 545 g/mol. The lowest BCUT2D eigenvalue weighted by Gasteiger charge is -2.39. The summed E-state index contributed by atoms with van der Waals surface area (Å²) >= 11 is 0. The number of para-hydroxylation sites is 1. The normalized spacial score (nSPS) is 14.2. The maximum atomic E-state index is 14.0. The number of rotatable bonds is 12. The van der Waals surface area contributed by atoms with E-state index in [-0.39, 0.29) is 49.0 Å². The predicted octanol–water partition coefficient (Wildman–Crippen LogP) is 4.33. The molecule has 0 N–H and O–H groups in total. The summed E-state index contributed by atoms with van der Waals surface area (Å²) in [6.07, 6.45) is 1.56. The van der Waals surface area contributed by atoms with Gasteiger partial charge in [-0.2, -0.15) is 4.31 Å². The number of carbonyl (C=O) groups excluding carboxylic acids is 2. The number of amides is 2. The van der Waals surface area contributed by atoms with Crippen LogP contribution < -0.4 is 4.74 Å². The fourth-order valence-electron chi connectivity index (χ4n) is 4.95. The minimum Gasteiger partial charge on any atom is -0.484 e. The number of piperidine rings is 1. The number of hydrogen-bond donors (Lipinski definition) is 0. The van der Waals surface area contributed by atoms with Crippen LogP contribution in [0.15, 0.2) is 89.8 Å². The summed E-state index contributed by atoms with van der Waals surface area (Å²) in [6.45, 7) is 2.62. The van der Waals surface area contributed by atoms with E-state index >= 15 is 0 Å². The van der Waals surface area contributed by atoms with Crippen LogP contribution in [0.2, 0.25) is 0 Å². The smallest absolute Gasteiger partial charge is 0.260 e. The number of sulfonamides is 1. The second-order valence-corrected chi connectivity index (χ2v) is 12.0. The van der Waals surface area contributed by atoms with Crippen LogP contribution in [0, 0.1) is 5.82 Å². The Morgan fingerprint density at radius 1 is 0.951 bits per heavy atom. The van der Waals surface area contributed by atoms with Gasteiger partial charge in [0.25, 0.3) is 5.91 Å². The molecule has 0 saturated carbocycles. The molecule has 1 fully saturated rings. The molecule has 8 nitrogen and oxygen atoms in total. The van der Waals surface area contributed by atoms with Crippen LogP contribution in [0.25, 0.3) is 0 Å². The molecule has 1 saturated heterocycles. The Hall–Kier alpha value is -3.76. The topological polar surface area (TPSA) is 87.2 Å². The molecule has 218 valence electrons. The zero-order chi connectivity index (χ0) is 29.2. The highest BCUT2D eigenvalue weighted by molar-refractivity contribution is 7.89. The minimum absolute atomic E-state index is 0.0794. The zero-order valence-electron chi connectivity index (χ0n) is 23.2. The van der Waals surface area contributed by atoms with Gasteiger partial charge in [0.2, 0.25) is 15.9 Å². The summed E-state index contributed by atoms with van der Waals surface area (Å²) in [5, 5.41) is 0. The lowest BCUT2D eigenvalue weighted by Crippen LogP contribution is -2.51. The van der Waals surface area contributed by atoms with E-state index in [1.54, 1.807) is 52.3 Å². The molecule has 0 aromatic heterocycles. The van der Waals surface area contributed by atoms with E-state index < -0.39 is 15.8 Å². The van der Waals surface area contributed by atoms with E-state index in [1.807, 2.05) is 25.1 Å². The quantitative estimate of drug-likeness (QED) is 0.318. The van der Waals surface area contributed by atoms with Crippen LogP contribution in [0.1, 0.15) is 31.7 Å². The van der Waals surface area contributed by atoms with Crippen LogP contribution in [0.5, 0.6) is 5.75 Å². The molecule has 1 aliphatic heterocycles. The van der Waals surface area contributed by atoms with Crippen molar-refractivity contribution in [2.45, 2.75) is 43.7 Å². The third-order valence-corrected chi connectivity index (χ3v) is 8.95. The van der Waals surface area contributed by atoms with Gasteiger partial charge in [-0.05, 0) is 61.2 Å². The predicted molar refractivity (Wildman–Crippen MR) is 154 cm³/mol.